The van der Waals surface area contributed by atoms with Gasteiger partial charge in [-0.1, -0.05) is 37.3 Å². The molecule has 1 heterocycles. The van der Waals surface area contributed by atoms with Crippen molar-refractivity contribution in [1.29, 1.82) is 0 Å². The van der Waals surface area contributed by atoms with Crippen molar-refractivity contribution < 1.29 is 14.4 Å². The van der Waals surface area contributed by atoms with Gasteiger partial charge in [-0.2, -0.15) is 0 Å². The molecule has 0 spiro atoms. The highest BCUT2D eigenvalue weighted by atomic mass is 16.2. The average Bonchev–Trinajstić information content (AvgIpc) is 2.64. The van der Waals surface area contributed by atoms with Gasteiger partial charge in [0, 0.05) is 52.5 Å². The summed E-state index contributed by atoms with van der Waals surface area (Å²) in [5, 5.41) is 2.90. The zero-order valence-electron chi connectivity index (χ0n) is 15.0. The van der Waals surface area contributed by atoms with Crippen LogP contribution in [0.25, 0.3) is 0 Å². The van der Waals surface area contributed by atoms with Crippen LogP contribution in [-0.4, -0.2) is 60.2 Å². The van der Waals surface area contributed by atoms with E-state index in [1.54, 1.807) is 9.80 Å². The maximum Gasteiger partial charge on any atom is 0.223 e. The van der Waals surface area contributed by atoms with Crippen LogP contribution in [-0.2, 0) is 14.4 Å². The first kappa shape index (κ1) is 19.0. The maximum atomic E-state index is 12.2. The Balaban J connectivity index is 1.66. The van der Waals surface area contributed by atoms with Gasteiger partial charge in [0.1, 0.15) is 0 Å². The molecule has 0 bridgehead atoms. The summed E-state index contributed by atoms with van der Waals surface area (Å²) in [6.07, 6.45) is 0.416. The van der Waals surface area contributed by atoms with E-state index in [9.17, 15) is 14.4 Å². The Morgan fingerprint density at radius 3 is 2.20 bits per heavy atom. The third-order valence-electron chi connectivity index (χ3n) is 4.62. The zero-order chi connectivity index (χ0) is 18.2. The van der Waals surface area contributed by atoms with Gasteiger partial charge in [-0.3, -0.25) is 14.4 Å². The molecular formula is C19H27N3O3. The second-order valence-corrected chi connectivity index (χ2v) is 6.50. The van der Waals surface area contributed by atoms with Crippen LogP contribution < -0.4 is 5.32 Å². The first-order valence-electron chi connectivity index (χ1n) is 8.82. The SMILES string of the molecule is CC(=O)N1CCN(C(=O)CCC(=O)NC[C@@H](C)c2ccccc2)CC1. The predicted molar refractivity (Wildman–Crippen MR) is 95.9 cm³/mol. The Morgan fingerprint density at radius 1 is 1.00 bits per heavy atom. The highest BCUT2D eigenvalue weighted by molar-refractivity contribution is 5.84. The number of hydrogen-bond donors (Lipinski definition) is 1. The number of hydrogen-bond acceptors (Lipinski definition) is 3. The van der Waals surface area contributed by atoms with Crippen LogP contribution in [0.3, 0.4) is 0 Å². The second kappa shape index (κ2) is 9.20. The highest BCUT2D eigenvalue weighted by Crippen LogP contribution is 2.13. The number of benzene rings is 1. The van der Waals surface area contributed by atoms with Crippen molar-refractivity contribution in [1.82, 2.24) is 15.1 Å². The fourth-order valence-corrected chi connectivity index (χ4v) is 2.90. The molecule has 3 amide bonds. The first-order valence-corrected chi connectivity index (χ1v) is 8.82. The molecule has 1 aromatic rings. The van der Waals surface area contributed by atoms with Gasteiger partial charge in [-0.25, -0.2) is 0 Å². The molecule has 0 radical (unpaired) electrons. The van der Waals surface area contributed by atoms with Crippen LogP contribution in [0.2, 0.25) is 0 Å². The van der Waals surface area contributed by atoms with Crippen LogP contribution in [0, 0.1) is 0 Å². The Bertz CT molecular complexity index is 595. The van der Waals surface area contributed by atoms with E-state index < -0.39 is 0 Å². The molecule has 2 rings (SSSR count). The quantitative estimate of drug-likeness (QED) is 0.847. The van der Waals surface area contributed by atoms with Crippen molar-refractivity contribution >= 4 is 17.7 Å². The van der Waals surface area contributed by atoms with Crippen LogP contribution in [0.5, 0.6) is 0 Å². The van der Waals surface area contributed by atoms with E-state index in [1.807, 2.05) is 30.3 Å². The number of piperazine rings is 1. The normalized spacial score (nSPS) is 15.6. The third kappa shape index (κ3) is 5.89. The van der Waals surface area contributed by atoms with Crippen molar-refractivity contribution in [3.05, 3.63) is 35.9 Å². The summed E-state index contributed by atoms with van der Waals surface area (Å²) in [6, 6.07) is 10.0. The van der Waals surface area contributed by atoms with E-state index in [-0.39, 0.29) is 36.5 Å². The monoisotopic (exact) mass is 345 g/mol. The largest absolute Gasteiger partial charge is 0.355 e. The predicted octanol–water partition coefficient (Wildman–Crippen LogP) is 1.38. The summed E-state index contributed by atoms with van der Waals surface area (Å²) < 4.78 is 0. The highest BCUT2D eigenvalue weighted by Gasteiger charge is 2.22. The Labute approximate surface area is 149 Å². The summed E-state index contributed by atoms with van der Waals surface area (Å²) >= 11 is 0. The third-order valence-corrected chi connectivity index (χ3v) is 4.62. The maximum absolute atomic E-state index is 12.2. The minimum absolute atomic E-state index is 0.0190. The molecular weight excluding hydrogens is 318 g/mol. The molecule has 0 unspecified atom stereocenters. The van der Waals surface area contributed by atoms with Crippen LogP contribution in [0.15, 0.2) is 30.3 Å². The molecule has 1 aromatic carbocycles. The van der Waals surface area contributed by atoms with E-state index in [2.05, 4.69) is 12.2 Å². The van der Waals surface area contributed by atoms with E-state index in [1.165, 1.54) is 12.5 Å². The van der Waals surface area contributed by atoms with E-state index in [0.717, 1.165) is 0 Å². The molecule has 0 saturated carbocycles. The van der Waals surface area contributed by atoms with Crippen molar-refractivity contribution in [2.75, 3.05) is 32.7 Å². The summed E-state index contributed by atoms with van der Waals surface area (Å²) in [5.41, 5.74) is 1.18. The van der Waals surface area contributed by atoms with Crippen molar-refractivity contribution in [3.8, 4) is 0 Å². The average molecular weight is 345 g/mol. The smallest absolute Gasteiger partial charge is 0.223 e. The topological polar surface area (TPSA) is 69.7 Å². The molecule has 1 fully saturated rings. The molecule has 0 aromatic heterocycles. The summed E-state index contributed by atoms with van der Waals surface area (Å²) in [4.78, 5) is 38.9. The fraction of sp³-hybridized carbons (Fsp3) is 0.526. The standard InChI is InChI=1S/C19H27N3O3/c1-15(17-6-4-3-5-7-17)14-20-18(24)8-9-19(25)22-12-10-21(11-13-22)16(2)23/h3-7,15H,8-14H2,1-2H3,(H,20,24)/t15-/m1/s1. The van der Waals surface area contributed by atoms with Gasteiger partial charge in [0.05, 0.1) is 0 Å². The summed E-state index contributed by atoms with van der Waals surface area (Å²) in [7, 11) is 0. The number of nitrogens with one attached hydrogen (secondary N) is 1. The summed E-state index contributed by atoms with van der Waals surface area (Å²) in [6.45, 7) is 6.40. The molecule has 6 nitrogen and oxygen atoms in total. The molecule has 1 saturated heterocycles. The van der Waals surface area contributed by atoms with Crippen molar-refractivity contribution in [2.45, 2.75) is 32.6 Å². The molecule has 136 valence electrons. The van der Waals surface area contributed by atoms with Gasteiger partial charge in [-0.15, -0.1) is 0 Å². The fourth-order valence-electron chi connectivity index (χ4n) is 2.90. The van der Waals surface area contributed by atoms with Gasteiger partial charge < -0.3 is 15.1 Å². The van der Waals surface area contributed by atoms with Crippen molar-refractivity contribution in [2.24, 2.45) is 0 Å². The number of rotatable bonds is 6. The lowest BCUT2D eigenvalue weighted by molar-refractivity contribution is -0.139. The number of nitrogens with zero attached hydrogens (tertiary/aromatic N) is 2. The van der Waals surface area contributed by atoms with Crippen LogP contribution in [0.1, 0.15) is 38.2 Å². The number of carbonyl (C=O) groups is 3. The van der Waals surface area contributed by atoms with E-state index in [4.69, 9.17) is 0 Å². The van der Waals surface area contributed by atoms with Gasteiger partial charge >= 0.3 is 0 Å². The van der Waals surface area contributed by atoms with Gasteiger partial charge in [-0.05, 0) is 11.5 Å². The molecule has 6 heteroatoms. The Morgan fingerprint density at radius 2 is 1.60 bits per heavy atom. The number of amides is 3. The first-order chi connectivity index (χ1) is 12.0. The number of carbonyl (C=O) groups excluding carboxylic acids is 3. The van der Waals surface area contributed by atoms with Gasteiger partial charge in [0.2, 0.25) is 17.7 Å². The van der Waals surface area contributed by atoms with Gasteiger partial charge in [0.15, 0.2) is 0 Å². The lowest BCUT2D eigenvalue weighted by Crippen LogP contribution is -2.50. The second-order valence-electron chi connectivity index (χ2n) is 6.50. The van der Waals surface area contributed by atoms with Crippen molar-refractivity contribution in [3.63, 3.8) is 0 Å². The Hall–Kier alpha value is -2.37. The lowest BCUT2D eigenvalue weighted by atomic mass is 10.0. The molecule has 1 aliphatic heterocycles. The van der Waals surface area contributed by atoms with Gasteiger partial charge in [0.25, 0.3) is 0 Å². The van der Waals surface area contributed by atoms with Crippen LogP contribution in [0.4, 0.5) is 0 Å². The molecule has 1 N–H and O–H groups in total. The van der Waals surface area contributed by atoms with E-state index >= 15 is 0 Å². The minimum atomic E-state index is -0.0986. The summed E-state index contributed by atoms with van der Waals surface area (Å²) in [5.74, 6) is 0.160. The molecule has 1 atom stereocenters. The Kier molecular flexibility index (Phi) is 6.98. The molecule has 0 aliphatic carbocycles. The lowest BCUT2D eigenvalue weighted by Gasteiger charge is -2.34. The molecule has 1 aliphatic rings. The van der Waals surface area contributed by atoms with E-state index in [0.29, 0.717) is 32.7 Å². The van der Waals surface area contributed by atoms with Crippen LogP contribution >= 0.6 is 0 Å². The molecule has 25 heavy (non-hydrogen) atoms. The zero-order valence-corrected chi connectivity index (χ0v) is 15.0. The minimum Gasteiger partial charge on any atom is -0.355 e.